The van der Waals surface area contributed by atoms with Crippen molar-refractivity contribution in [3.05, 3.63) is 107 Å². The predicted molar refractivity (Wildman–Crippen MR) is 136 cm³/mol. The van der Waals surface area contributed by atoms with E-state index in [0.717, 1.165) is 28.0 Å². The minimum absolute atomic E-state index is 0.306. The van der Waals surface area contributed by atoms with Gasteiger partial charge in [-0.1, -0.05) is 48.5 Å². The van der Waals surface area contributed by atoms with Gasteiger partial charge in [0, 0.05) is 5.56 Å². The van der Waals surface area contributed by atoms with E-state index in [0.29, 0.717) is 40.1 Å². The zero-order valence-electron chi connectivity index (χ0n) is 19.4. The fraction of sp³-hybridized carbons (Fsp3) is 0.103. The van der Waals surface area contributed by atoms with Crippen LogP contribution in [0.15, 0.2) is 79.1 Å². The van der Waals surface area contributed by atoms with Crippen molar-refractivity contribution >= 4 is 16.7 Å². The summed E-state index contributed by atoms with van der Waals surface area (Å²) in [5, 5.41) is 9.85. The summed E-state index contributed by atoms with van der Waals surface area (Å²) in [4.78, 5) is 4.62. The molecule has 0 aliphatic heterocycles. The van der Waals surface area contributed by atoms with Crippen LogP contribution in [0.3, 0.4) is 0 Å². The van der Waals surface area contributed by atoms with Crippen LogP contribution in [0.1, 0.15) is 22.3 Å². The summed E-state index contributed by atoms with van der Waals surface area (Å²) in [6.45, 7) is 4.39. The molecule has 0 saturated carbocycles. The van der Waals surface area contributed by atoms with Gasteiger partial charge < -0.3 is 10.5 Å². The number of halogens is 1. The predicted octanol–water partition coefficient (Wildman–Crippen LogP) is 6.48. The second-order valence-corrected chi connectivity index (χ2v) is 8.41. The van der Waals surface area contributed by atoms with Crippen LogP contribution in [0, 0.1) is 31.0 Å². The van der Waals surface area contributed by atoms with Crippen molar-refractivity contribution < 1.29 is 9.13 Å². The van der Waals surface area contributed by atoms with Crippen LogP contribution in [0.2, 0.25) is 0 Å². The van der Waals surface area contributed by atoms with Gasteiger partial charge in [0.25, 0.3) is 0 Å². The first-order valence-corrected chi connectivity index (χ1v) is 11.2. The third-order valence-corrected chi connectivity index (χ3v) is 6.23. The van der Waals surface area contributed by atoms with E-state index in [1.807, 2.05) is 56.3 Å². The Balaban J connectivity index is 1.70. The maximum atomic E-state index is 14.6. The van der Waals surface area contributed by atoms with Gasteiger partial charge in [-0.05, 0) is 60.4 Å². The molecule has 0 spiro atoms. The average molecular weight is 463 g/mol. The molecule has 5 aromatic rings. The van der Waals surface area contributed by atoms with E-state index in [-0.39, 0.29) is 5.82 Å². The van der Waals surface area contributed by atoms with Crippen molar-refractivity contribution in [3.8, 4) is 28.6 Å². The van der Waals surface area contributed by atoms with E-state index in [1.165, 1.54) is 6.07 Å². The maximum absolute atomic E-state index is 14.6. The van der Waals surface area contributed by atoms with Crippen LogP contribution < -0.4 is 10.5 Å². The number of aryl methyl sites for hydroxylation is 1. The monoisotopic (exact) mass is 462 g/mol. The molecule has 0 aliphatic carbocycles. The minimum atomic E-state index is -0.382. The third kappa shape index (κ3) is 3.87. The van der Waals surface area contributed by atoms with Gasteiger partial charge in [-0.2, -0.15) is 5.26 Å². The summed E-state index contributed by atoms with van der Waals surface area (Å²) in [5.41, 5.74) is 13.2. The Morgan fingerprint density at radius 3 is 2.49 bits per heavy atom. The summed E-state index contributed by atoms with van der Waals surface area (Å²) in [5.74, 6) is 0.338. The molecule has 4 aromatic carbocycles. The minimum Gasteiger partial charge on any atom is -0.489 e. The highest BCUT2D eigenvalue weighted by Gasteiger charge is 2.22. The first-order chi connectivity index (χ1) is 17.0. The SMILES string of the molecule is Cc1ccc(OCc2ccccc2)c(C)c1-c1c(N)c(C#N)cc2c1ncn2-c1ccccc1F. The number of nitrogens with zero attached hydrogens (tertiary/aromatic N) is 3. The number of imidazole rings is 1. The quantitative estimate of drug-likeness (QED) is 0.303. The van der Waals surface area contributed by atoms with Gasteiger partial charge in [0.15, 0.2) is 0 Å². The molecule has 0 fully saturated rings. The van der Waals surface area contributed by atoms with Crippen LogP contribution in [0.5, 0.6) is 5.75 Å². The Morgan fingerprint density at radius 2 is 1.74 bits per heavy atom. The largest absolute Gasteiger partial charge is 0.489 e. The number of fused-ring (bicyclic) bond motifs is 1. The summed E-state index contributed by atoms with van der Waals surface area (Å²) in [6, 6.07) is 24.2. The lowest BCUT2D eigenvalue weighted by molar-refractivity contribution is 0.304. The molecule has 172 valence electrons. The summed E-state index contributed by atoms with van der Waals surface area (Å²) in [6.07, 6.45) is 1.56. The lowest BCUT2D eigenvalue weighted by Crippen LogP contribution is -2.03. The number of para-hydroxylation sites is 1. The smallest absolute Gasteiger partial charge is 0.147 e. The van der Waals surface area contributed by atoms with Crippen molar-refractivity contribution in [1.29, 1.82) is 5.26 Å². The van der Waals surface area contributed by atoms with Crippen molar-refractivity contribution in [3.63, 3.8) is 0 Å². The molecular formula is C29H23FN4O. The standard InChI is InChI=1S/C29H23FN4O/c1-18-12-13-25(35-16-20-8-4-3-5-9-20)19(2)26(18)27-28(32)21(15-31)14-24-29(27)33-17-34(24)23-11-7-6-10-22(23)30/h3-14,17H,16,32H2,1-2H3. The zero-order chi connectivity index (χ0) is 24.5. The van der Waals surface area contributed by atoms with Crippen molar-refractivity contribution in [2.45, 2.75) is 20.5 Å². The van der Waals surface area contributed by atoms with Gasteiger partial charge in [0.05, 0.1) is 28.0 Å². The van der Waals surface area contributed by atoms with E-state index < -0.39 is 0 Å². The number of aromatic nitrogens is 2. The van der Waals surface area contributed by atoms with Crippen LogP contribution >= 0.6 is 0 Å². The van der Waals surface area contributed by atoms with Gasteiger partial charge in [0.1, 0.15) is 30.6 Å². The number of anilines is 1. The topological polar surface area (TPSA) is 76.9 Å². The Morgan fingerprint density at radius 1 is 1.00 bits per heavy atom. The highest BCUT2D eigenvalue weighted by Crippen LogP contribution is 2.42. The van der Waals surface area contributed by atoms with Crippen LogP contribution in [0.4, 0.5) is 10.1 Å². The van der Waals surface area contributed by atoms with Crippen molar-refractivity contribution in [1.82, 2.24) is 9.55 Å². The van der Waals surface area contributed by atoms with E-state index in [2.05, 4.69) is 11.1 Å². The number of hydrogen-bond acceptors (Lipinski definition) is 4. The summed E-state index contributed by atoms with van der Waals surface area (Å²) < 4.78 is 22.4. The highest BCUT2D eigenvalue weighted by atomic mass is 19.1. The summed E-state index contributed by atoms with van der Waals surface area (Å²) in [7, 11) is 0. The molecule has 5 rings (SSSR count). The van der Waals surface area contributed by atoms with E-state index >= 15 is 0 Å². The second kappa shape index (κ2) is 8.96. The van der Waals surface area contributed by atoms with Crippen LogP contribution in [0.25, 0.3) is 27.8 Å². The van der Waals surface area contributed by atoms with Crippen molar-refractivity contribution in [2.24, 2.45) is 0 Å². The van der Waals surface area contributed by atoms with E-state index in [9.17, 15) is 9.65 Å². The molecule has 1 aromatic heterocycles. The number of rotatable bonds is 5. The number of nitrogen functional groups attached to an aromatic ring is 1. The molecule has 6 heteroatoms. The number of hydrogen-bond donors (Lipinski definition) is 1. The van der Waals surface area contributed by atoms with Crippen molar-refractivity contribution in [2.75, 3.05) is 5.73 Å². The van der Waals surface area contributed by atoms with Crippen LogP contribution in [-0.4, -0.2) is 9.55 Å². The second-order valence-electron chi connectivity index (χ2n) is 8.41. The number of benzene rings is 4. The Kier molecular flexibility index (Phi) is 5.68. The zero-order valence-corrected chi connectivity index (χ0v) is 19.4. The fourth-order valence-corrected chi connectivity index (χ4v) is 4.45. The molecule has 0 atom stereocenters. The molecule has 5 nitrogen and oxygen atoms in total. The van der Waals surface area contributed by atoms with Gasteiger partial charge in [-0.15, -0.1) is 0 Å². The van der Waals surface area contributed by atoms with E-state index in [4.69, 9.17) is 10.5 Å². The van der Waals surface area contributed by atoms with Gasteiger partial charge in [-0.3, -0.25) is 4.57 Å². The molecule has 0 bridgehead atoms. The highest BCUT2D eigenvalue weighted by molar-refractivity contribution is 6.03. The Hall–Kier alpha value is -4.63. The molecule has 2 N–H and O–H groups in total. The first kappa shape index (κ1) is 22.2. The third-order valence-electron chi connectivity index (χ3n) is 6.23. The normalized spacial score (nSPS) is 10.9. The molecule has 0 unspecified atom stereocenters. The van der Waals surface area contributed by atoms with Gasteiger partial charge in [-0.25, -0.2) is 9.37 Å². The van der Waals surface area contributed by atoms with Gasteiger partial charge in [0.2, 0.25) is 0 Å². The molecular weight excluding hydrogens is 439 g/mol. The molecule has 0 aliphatic rings. The maximum Gasteiger partial charge on any atom is 0.147 e. The lowest BCUT2D eigenvalue weighted by Gasteiger charge is -2.18. The molecule has 0 saturated heterocycles. The van der Waals surface area contributed by atoms with Crippen LogP contribution in [-0.2, 0) is 6.61 Å². The first-order valence-electron chi connectivity index (χ1n) is 11.2. The lowest BCUT2D eigenvalue weighted by atomic mass is 9.91. The van der Waals surface area contributed by atoms with Gasteiger partial charge >= 0.3 is 0 Å². The molecule has 1 heterocycles. The fourth-order valence-electron chi connectivity index (χ4n) is 4.45. The molecule has 35 heavy (non-hydrogen) atoms. The average Bonchev–Trinajstić information content (AvgIpc) is 3.28. The Bertz CT molecular complexity index is 1600. The number of nitriles is 1. The molecule has 0 amide bonds. The number of ether oxygens (including phenoxy) is 1. The number of nitrogens with two attached hydrogens (primary N) is 1. The van der Waals surface area contributed by atoms with E-state index in [1.54, 1.807) is 35.2 Å². The molecule has 0 radical (unpaired) electrons. The Labute approximate surface area is 202 Å². The summed E-state index contributed by atoms with van der Waals surface area (Å²) >= 11 is 0.